The summed E-state index contributed by atoms with van der Waals surface area (Å²) in [6, 6.07) is -2.32. The number of Topliss-reactive ketones (excluding diaryl/α,β-unsaturated/α-hetero) is 1. The normalized spacial score (nSPS) is 26.5. The fourth-order valence-corrected chi connectivity index (χ4v) is 7.01. The van der Waals surface area contributed by atoms with E-state index in [1.807, 2.05) is 27.7 Å². The molecule has 9 heteroatoms. The Morgan fingerprint density at radius 1 is 0.875 bits per heavy atom. The SMILES string of the molecule is CCCC(NC(=O)[C@@H]1C2CCC[C@H]2CN1C(=O)[C@@H](NC(=O)CC1CCCCC1)C(C)(C)C)C(=O)C(=O)NC1CC1. The third-order valence-corrected chi connectivity index (χ3v) is 9.41. The molecule has 9 nitrogen and oxygen atoms in total. The molecule has 3 saturated carbocycles. The van der Waals surface area contributed by atoms with Crippen LogP contribution in [0.5, 0.6) is 0 Å². The monoisotopic (exact) mass is 558 g/mol. The number of nitrogens with zero attached hydrogens (tertiary/aromatic N) is 1. The van der Waals surface area contributed by atoms with Crippen LogP contribution in [-0.2, 0) is 24.0 Å². The van der Waals surface area contributed by atoms with Gasteiger partial charge in [-0.2, -0.15) is 0 Å². The van der Waals surface area contributed by atoms with E-state index in [0.717, 1.165) is 57.8 Å². The molecule has 40 heavy (non-hydrogen) atoms. The first-order valence-corrected chi connectivity index (χ1v) is 15.7. The Bertz CT molecular complexity index is 965. The van der Waals surface area contributed by atoms with Crippen molar-refractivity contribution in [2.75, 3.05) is 6.54 Å². The summed E-state index contributed by atoms with van der Waals surface area (Å²) in [6.07, 6.45) is 11.6. The molecule has 4 fully saturated rings. The molecule has 2 unspecified atom stereocenters. The van der Waals surface area contributed by atoms with Crippen LogP contribution in [-0.4, -0.2) is 65.0 Å². The van der Waals surface area contributed by atoms with Gasteiger partial charge in [-0.05, 0) is 68.1 Å². The first-order chi connectivity index (χ1) is 19.0. The molecule has 1 aliphatic heterocycles. The Hall–Kier alpha value is -2.45. The van der Waals surface area contributed by atoms with Gasteiger partial charge >= 0.3 is 0 Å². The maximum atomic E-state index is 14.1. The Morgan fingerprint density at radius 2 is 1.57 bits per heavy atom. The van der Waals surface area contributed by atoms with E-state index in [1.165, 1.54) is 6.42 Å². The van der Waals surface area contributed by atoms with Crippen LogP contribution in [0.15, 0.2) is 0 Å². The van der Waals surface area contributed by atoms with Crippen molar-refractivity contribution in [3.63, 3.8) is 0 Å². The Labute approximate surface area is 239 Å². The van der Waals surface area contributed by atoms with E-state index in [4.69, 9.17) is 0 Å². The summed E-state index contributed by atoms with van der Waals surface area (Å²) in [4.78, 5) is 68.2. The predicted molar refractivity (Wildman–Crippen MR) is 152 cm³/mol. The molecule has 0 aromatic carbocycles. The molecular formula is C31H50N4O5. The van der Waals surface area contributed by atoms with E-state index < -0.39 is 35.2 Å². The van der Waals surface area contributed by atoms with Crippen LogP contribution >= 0.6 is 0 Å². The molecule has 1 heterocycles. The molecule has 0 bridgehead atoms. The number of fused-ring (bicyclic) bond motifs is 1. The van der Waals surface area contributed by atoms with Gasteiger partial charge in [0.05, 0.1) is 6.04 Å². The van der Waals surface area contributed by atoms with E-state index in [0.29, 0.717) is 31.7 Å². The van der Waals surface area contributed by atoms with Gasteiger partial charge in [0.1, 0.15) is 12.1 Å². The number of carbonyl (C=O) groups excluding carboxylic acids is 5. The Kier molecular flexibility index (Phi) is 9.93. The highest BCUT2D eigenvalue weighted by Gasteiger charge is 2.52. The van der Waals surface area contributed by atoms with Crippen molar-refractivity contribution < 1.29 is 24.0 Å². The maximum absolute atomic E-state index is 14.1. The van der Waals surface area contributed by atoms with E-state index in [-0.39, 0.29) is 35.6 Å². The lowest BCUT2D eigenvalue weighted by Gasteiger charge is -2.37. The summed E-state index contributed by atoms with van der Waals surface area (Å²) in [7, 11) is 0. The van der Waals surface area contributed by atoms with Crippen molar-refractivity contribution in [2.45, 2.75) is 135 Å². The summed E-state index contributed by atoms with van der Waals surface area (Å²) >= 11 is 0. The molecule has 0 radical (unpaired) electrons. The van der Waals surface area contributed by atoms with Gasteiger partial charge in [0.15, 0.2) is 0 Å². The molecule has 4 amide bonds. The molecule has 1 saturated heterocycles. The minimum Gasteiger partial charge on any atom is -0.347 e. The lowest BCUT2D eigenvalue weighted by molar-refractivity contribution is -0.146. The largest absolute Gasteiger partial charge is 0.347 e. The highest BCUT2D eigenvalue weighted by atomic mass is 16.2. The average Bonchev–Trinajstić information content (AvgIpc) is 3.46. The second-order valence-electron chi connectivity index (χ2n) is 13.8. The van der Waals surface area contributed by atoms with Crippen LogP contribution in [0.3, 0.4) is 0 Å². The van der Waals surface area contributed by atoms with Crippen molar-refractivity contribution >= 4 is 29.4 Å². The average molecular weight is 559 g/mol. The molecule has 4 aliphatic rings. The zero-order valence-electron chi connectivity index (χ0n) is 24.9. The van der Waals surface area contributed by atoms with Crippen LogP contribution in [0.25, 0.3) is 0 Å². The number of rotatable bonds is 11. The van der Waals surface area contributed by atoms with Gasteiger partial charge in [-0.25, -0.2) is 0 Å². The number of nitrogens with one attached hydrogen (secondary N) is 3. The molecule has 3 aliphatic carbocycles. The van der Waals surface area contributed by atoms with Gasteiger partial charge in [0, 0.05) is 19.0 Å². The molecule has 3 N–H and O–H groups in total. The van der Waals surface area contributed by atoms with Crippen LogP contribution in [0.4, 0.5) is 0 Å². The summed E-state index contributed by atoms with van der Waals surface area (Å²) in [6.45, 7) is 8.21. The lowest BCUT2D eigenvalue weighted by Crippen LogP contribution is -2.60. The summed E-state index contributed by atoms with van der Waals surface area (Å²) in [5.74, 6) is -1.37. The van der Waals surface area contributed by atoms with Crippen LogP contribution in [0.2, 0.25) is 0 Å². The zero-order valence-corrected chi connectivity index (χ0v) is 24.9. The highest BCUT2D eigenvalue weighted by molar-refractivity contribution is 6.38. The number of hydrogen-bond acceptors (Lipinski definition) is 5. The van der Waals surface area contributed by atoms with Gasteiger partial charge in [0.25, 0.3) is 5.91 Å². The van der Waals surface area contributed by atoms with Gasteiger partial charge in [-0.15, -0.1) is 0 Å². The van der Waals surface area contributed by atoms with E-state index >= 15 is 0 Å². The summed E-state index contributed by atoms with van der Waals surface area (Å²) in [5.41, 5.74) is -0.542. The quantitative estimate of drug-likeness (QED) is 0.336. The van der Waals surface area contributed by atoms with E-state index in [9.17, 15) is 24.0 Å². The van der Waals surface area contributed by atoms with Crippen molar-refractivity contribution in [3.8, 4) is 0 Å². The van der Waals surface area contributed by atoms with E-state index in [1.54, 1.807) is 4.90 Å². The molecule has 0 aromatic heterocycles. The fourth-order valence-electron chi connectivity index (χ4n) is 7.01. The molecule has 5 atom stereocenters. The zero-order chi connectivity index (χ0) is 29.0. The van der Waals surface area contributed by atoms with Crippen molar-refractivity contribution in [3.05, 3.63) is 0 Å². The first kappa shape index (κ1) is 30.5. The van der Waals surface area contributed by atoms with E-state index in [2.05, 4.69) is 16.0 Å². The number of carbonyl (C=O) groups is 5. The Balaban J connectivity index is 1.48. The van der Waals surface area contributed by atoms with Gasteiger partial charge in [0.2, 0.25) is 23.5 Å². The number of amides is 4. The van der Waals surface area contributed by atoms with Crippen LogP contribution < -0.4 is 16.0 Å². The minimum atomic E-state index is -0.915. The first-order valence-electron chi connectivity index (χ1n) is 15.7. The molecule has 0 spiro atoms. The summed E-state index contributed by atoms with van der Waals surface area (Å²) in [5, 5.41) is 8.66. The van der Waals surface area contributed by atoms with Crippen molar-refractivity contribution in [1.82, 2.24) is 20.9 Å². The minimum absolute atomic E-state index is 0.0141. The second-order valence-corrected chi connectivity index (χ2v) is 13.8. The highest BCUT2D eigenvalue weighted by Crippen LogP contribution is 2.43. The van der Waals surface area contributed by atoms with Crippen LogP contribution in [0.1, 0.15) is 111 Å². The number of hydrogen-bond donors (Lipinski definition) is 3. The van der Waals surface area contributed by atoms with Gasteiger partial charge < -0.3 is 20.9 Å². The maximum Gasteiger partial charge on any atom is 0.289 e. The van der Waals surface area contributed by atoms with Crippen molar-refractivity contribution in [2.24, 2.45) is 23.2 Å². The topological polar surface area (TPSA) is 125 Å². The molecule has 4 rings (SSSR count). The van der Waals surface area contributed by atoms with Crippen molar-refractivity contribution in [1.29, 1.82) is 0 Å². The third-order valence-electron chi connectivity index (χ3n) is 9.41. The predicted octanol–water partition coefficient (Wildman–Crippen LogP) is 3.25. The third kappa shape index (κ3) is 7.43. The smallest absolute Gasteiger partial charge is 0.289 e. The van der Waals surface area contributed by atoms with Crippen LogP contribution in [0, 0.1) is 23.2 Å². The molecule has 0 aromatic rings. The molecular weight excluding hydrogens is 508 g/mol. The second kappa shape index (κ2) is 13.0. The van der Waals surface area contributed by atoms with Gasteiger partial charge in [-0.3, -0.25) is 24.0 Å². The Morgan fingerprint density at radius 3 is 2.20 bits per heavy atom. The number of likely N-dealkylation sites (tertiary alicyclic amines) is 1. The van der Waals surface area contributed by atoms with Gasteiger partial charge in [-0.1, -0.05) is 59.8 Å². The summed E-state index contributed by atoms with van der Waals surface area (Å²) < 4.78 is 0. The number of ketones is 1. The fraction of sp³-hybridized carbons (Fsp3) is 0.839. The standard InChI is InChI=1S/C31H50N4O5/c1-5-10-23(26(37)29(39)32-21-15-16-21)33-28(38)25-22-14-9-13-20(22)18-35(25)30(40)27(31(2,3)4)34-24(36)17-19-11-7-6-8-12-19/h19-23,25,27H,5-18H2,1-4H3,(H,32,39)(H,33,38)(H,34,36)/t20-,22?,23?,25-,27+/m0/s1. The molecule has 224 valence electrons. The lowest BCUT2D eigenvalue weighted by atomic mass is 9.84.